The summed E-state index contributed by atoms with van der Waals surface area (Å²) in [6.45, 7) is 1.59. The lowest BCUT2D eigenvalue weighted by Crippen LogP contribution is -2.23. The molecule has 1 aromatic carbocycles. The van der Waals surface area contributed by atoms with Crippen molar-refractivity contribution in [3.8, 4) is 10.6 Å². The first-order valence-electron chi connectivity index (χ1n) is 8.39. The number of nitrogen functional groups attached to an aromatic ring is 1. The number of halogens is 4. The van der Waals surface area contributed by atoms with Crippen molar-refractivity contribution in [1.82, 2.24) is 15.3 Å². The molecule has 1 aliphatic rings. The molecule has 0 amide bonds. The lowest BCUT2D eigenvalue weighted by atomic mass is 10.0. The number of anilines is 3. The van der Waals surface area contributed by atoms with Gasteiger partial charge in [0.15, 0.2) is 0 Å². The summed E-state index contributed by atoms with van der Waals surface area (Å²) < 4.78 is 40.2. The molecule has 0 saturated carbocycles. The summed E-state index contributed by atoms with van der Waals surface area (Å²) in [5, 5.41) is 8.24. The van der Waals surface area contributed by atoms with Crippen LogP contribution in [-0.2, 0) is 19.1 Å². The number of benzene rings is 1. The Morgan fingerprint density at radius 1 is 1.21 bits per heavy atom. The van der Waals surface area contributed by atoms with Gasteiger partial charge in [0.1, 0.15) is 5.56 Å². The van der Waals surface area contributed by atoms with E-state index in [1.807, 2.05) is 12.1 Å². The van der Waals surface area contributed by atoms with Crippen molar-refractivity contribution < 1.29 is 13.2 Å². The predicted octanol–water partition coefficient (Wildman–Crippen LogP) is 4.85. The van der Waals surface area contributed by atoms with E-state index in [0.717, 1.165) is 48.2 Å². The first-order valence-corrected chi connectivity index (χ1v) is 9.64. The third kappa shape index (κ3) is 3.78. The highest BCUT2D eigenvalue weighted by Crippen LogP contribution is 2.39. The molecule has 0 unspecified atom stereocenters. The van der Waals surface area contributed by atoms with Gasteiger partial charge in [-0.05, 0) is 42.3 Å². The first kappa shape index (κ1) is 19.0. The lowest BCUT2D eigenvalue weighted by Gasteiger charge is -2.19. The Balaban J connectivity index is 1.73. The fourth-order valence-electron chi connectivity index (χ4n) is 3.03. The number of fused-ring (bicyclic) bond motifs is 1. The molecule has 0 atom stereocenters. The van der Waals surface area contributed by atoms with Crippen molar-refractivity contribution in [3.05, 3.63) is 51.5 Å². The van der Waals surface area contributed by atoms with E-state index in [1.165, 1.54) is 6.07 Å². The Hall–Kier alpha value is -2.36. The number of hydrogen-bond donors (Lipinski definition) is 3. The Morgan fingerprint density at radius 3 is 2.75 bits per heavy atom. The Kier molecular flexibility index (Phi) is 4.90. The van der Waals surface area contributed by atoms with Crippen LogP contribution in [0.4, 0.5) is 30.5 Å². The van der Waals surface area contributed by atoms with Gasteiger partial charge in [-0.15, -0.1) is 11.3 Å². The molecule has 3 aromatic rings. The topological polar surface area (TPSA) is 75.9 Å². The van der Waals surface area contributed by atoms with E-state index in [1.54, 1.807) is 5.38 Å². The van der Waals surface area contributed by atoms with E-state index in [2.05, 4.69) is 20.6 Å². The van der Waals surface area contributed by atoms with Crippen LogP contribution in [0.1, 0.15) is 16.7 Å². The van der Waals surface area contributed by atoms with Crippen LogP contribution in [0.25, 0.3) is 10.6 Å². The SMILES string of the molecule is Nc1csc(-c2nc(Nc3cc4c(cc3Cl)CNCC4)ncc2C(F)(F)F)c1. The van der Waals surface area contributed by atoms with Crippen molar-refractivity contribution >= 4 is 40.3 Å². The minimum atomic E-state index is -4.58. The van der Waals surface area contributed by atoms with E-state index in [0.29, 0.717) is 21.3 Å². The molecule has 0 spiro atoms. The summed E-state index contributed by atoms with van der Waals surface area (Å²) >= 11 is 7.43. The number of thiophene rings is 1. The van der Waals surface area contributed by atoms with Gasteiger partial charge in [0.05, 0.1) is 21.3 Å². The maximum Gasteiger partial charge on any atom is 0.420 e. The van der Waals surface area contributed by atoms with Gasteiger partial charge in [0.2, 0.25) is 5.95 Å². The average molecular weight is 426 g/mol. The zero-order valence-electron chi connectivity index (χ0n) is 14.4. The number of nitrogens with one attached hydrogen (secondary N) is 2. The number of nitrogens with zero attached hydrogens (tertiary/aromatic N) is 2. The zero-order chi connectivity index (χ0) is 19.9. The maximum absolute atomic E-state index is 13.4. The van der Waals surface area contributed by atoms with Gasteiger partial charge < -0.3 is 16.4 Å². The summed E-state index contributed by atoms with van der Waals surface area (Å²) in [4.78, 5) is 8.28. The van der Waals surface area contributed by atoms with Crippen LogP contribution in [0.3, 0.4) is 0 Å². The van der Waals surface area contributed by atoms with Crippen LogP contribution in [0, 0.1) is 0 Å². The molecule has 0 saturated heterocycles. The summed E-state index contributed by atoms with van der Waals surface area (Å²) in [5.74, 6) is 0.0331. The highest BCUT2D eigenvalue weighted by Gasteiger charge is 2.36. The molecule has 10 heteroatoms. The molecule has 0 bridgehead atoms. The van der Waals surface area contributed by atoms with Gasteiger partial charge in [-0.1, -0.05) is 11.6 Å². The minimum Gasteiger partial charge on any atom is -0.398 e. The third-order valence-corrected chi connectivity index (χ3v) is 5.64. The number of hydrogen-bond acceptors (Lipinski definition) is 6. The quantitative estimate of drug-likeness (QED) is 0.559. The Bertz CT molecular complexity index is 1030. The third-order valence-electron chi connectivity index (χ3n) is 4.37. The van der Waals surface area contributed by atoms with Crippen molar-refractivity contribution in [2.75, 3.05) is 17.6 Å². The summed E-state index contributed by atoms with van der Waals surface area (Å²) in [6.07, 6.45) is -2.96. The van der Waals surface area contributed by atoms with Gasteiger partial charge in [-0.3, -0.25) is 0 Å². The van der Waals surface area contributed by atoms with E-state index >= 15 is 0 Å². The standard InChI is InChI=1S/C18H15ClF3N5S/c19-13-3-10-6-24-2-1-9(10)4-14(13)26-17-25-7-12(18(20,21)22)16(27-17)15-5-11(23)8-28-15/h3-5,7-8,24H,1-2,6,23H2,(H,25,26,27). The molecule has 3 heterocycles. The highest BCUT2D eigenvalue weighted by molar-refractivity contribution is 7.14. The fraction of sp³-hybridized carbons (Fsp3) is 0.222. The van der Waals surface area contributed by atoms with Crippen molar-refractivity contribution in [2.45, 2.75) is 19.1 Å². The summed E-state index contributed by atoms with van der Waals surface area (Å²) in [6, 6.07) is 5.20. The largest absolute Gasteiger partial charge is 0.420 e. The fourth-order valence-corrected chi connectivity index (χ4v) is 4.07. The Labute approximate surface area is 167 Å². The van der Waals surface area contributed by atoms with E-state index in [4.69, 9.17) is 17.3 Å². The maximum atomic E-state index is 13.4. The average Bonchev–Trinajstić information content (AvgIpc) is 3.08. The van der Waals surface area contributed by atoms with E-state index in [9.17, 15) is 13.2 Å². The van der Waals surface area contributed by atoms with Crippen LogP contribution in [0.5, 0.6) is 0 Å². The van der Waals surface area contributed by atoms with Crippen molar-refractivity contribution in [1.29, 1.82) is 0 Å². The van der Waals surface area contributed by atoms with Crippen molar-refractivity contribution in [2.24, 2.45) is 0 Å². The molecule has 28 heavy (non-hydrogen) atoms. The highest BCUT2D eigenvalue weighted by atomic mass is 35.5. The van der Waals surface area contributed by atoms with Crippen LogP contribution in [0.15, 0.2) is 29.8 Å². The molecule has 0 aliphatic carbocycles. The Morgan fingerprint density at radius 2 is 2.04 bits per heavy atom. The second-order valence-electron chi connectivity index (χ2n) is 6.35. The monoisotopic (exact) mass is 425 g/mol. The van der Waals surface area contributed by atoms with Gasteiger partial charge in [-0.25, -0.2) is 9.97 Å². The number of nitrogens with two attached hydrogens (primary N) is 1. The molecule has 1 aliphatic heterocycles. The molecule has 0 fully saturated rings. The molecule has 4 N–H and O–H groups in total. The smallest absolute Gasteiger partial charge is 0.398 e. The molecular formula is C18H15ClF3N5S. The number of alkyl halides is 3. The van der Waals surface area contributed by atoms with Gasteiger partial charge in [-0.2, -0.15) is 13.2 Å². The molecular weight excluding hydrogens is 411 g/mol. The molecule has 2 aromatic heterocycles. The van der Waals surface area contributed by atoms with E-state index < -0.39 is 11.7 Å². The van der Waals surface area contributed by atoms with Crippen LogP contribution >= 0.6 is 22.9 Å². The number of aromatic nitrogens is 2. The van der Waals surface area contributed by atoms with Crippen LogP contribution < -0.4 is 16.4 Å². The van der Waals surface area contributed by atoms with Gasteiger partial charge >= 0.3 is 6.18 Å². The summed E-state index contributed by atoms with van der Waals surface area (Å²) in [7, 11) is 0. The van der Waals surface area contributed by atoms with Gasteiger partial charge in [0.25, 0.3) is 0 Å². The normalized spacial score (nSPS) is 14.0. The van der Waals surface area contributed by atoms with Crippen molar-refractivity contribution in [3.63, 3.8) is 0 Å². The first-order chi connectivity index (χ1) is 13.3. The van der Waals surface area contributed by atoms with Crippen LogP contribution in [-0.4, -0.2) is 16.5 Å². The number of rotatable bonds is 3. The summed E-state index contributed by atoms with van der Waals surface area (Å²) in [5.41, 5.74) is 7.70. The molecule has 146 valence electrons. The van der Waals surface area contributed by atoms with Crippen LogP contribution in [0.2, 0.25) is 5.02 Å². The van der Waals surface area contributed by atoms with Gasteiger partial charge in [0, 0.05) is 23.8 Å². The molecule has 5 nitrogen and oxygen atoms in total. The minimum absolute atomic E-state index is 0.0331. The molecule has 4 rings (SSSR count). The van der Waals surface area contributed by atoms with E-state index in [-0.39, 0.29) is 11.6 Å². The second kappa shape index (κ2) is 7.23. The molecule has 0 radical (unpaired) electrons. The zero-order valence-corrected chi connectivity index (χ0v) is 16.0. The lowest BCUT2D eigenvalue weighted by molar-refractivity contribution is -0.137. The predicted molar refractivity (Wildman–Crippen MR) is 105 cm³/mol. The second-order valence-corrected chi connectivity index (χ2v) is 7.67.